The lowest BCUT2D eigenvalue weighted by atomic mass is 9.86. The van der Waals surface area contributed by atoms with Crippen molar-refractivity contribution in [1.82, 2.24) is 25.4 Å². The van der Waals surface area contributed by atoms with Crippen molar-refractivity contribution in [2.24, 2.45) is 10.9 Å². The van der Waals surface area contributed by atoms with Gasteiger partial charge in [-0.25, -0.2) is 14.6 Å². The Morgan fingerprint density at radius 3 is 2.81 bits per heavy atom. The summed E-state index contributed by atoms with van der Waals surface area (Å²) in [5.74, 6) is 0.468. The predicted octanol–water partition coefficient (Wildman–Crippen LogP) is 1.72. The van der Waals surface area contributed by atoms with Crippen molar-refractivity contribution >= 4 is 24.2 Å². The quantitative estimate of drug-likeness (QED) is 0.577. The number of piperidine rings is 1. The molecule has 0 saturated carbocycles. The summed E-state index contributed by atoms with van der Waals surface area (Å²) < 4.78 is 5.26. The van der Waals surface area contributed by atoms with E-state index in [9.17, 15) is 14.7 Å². The Labute approximate surface area is 182 Å². The maximum Gasteiger partial charge on any atom is 0.407 e. The van der Waals surface area contributed by atoms with Gasteiger partial charge in [-0.2, -0.15) is 0 Å². The number of hydrogen-bond acceptors (Lipinski definition) is 6. The number of carbonyl (C=O) groups is 2. The summed E-state index contributed by atoms with van der Waals surface area (Å²) in [4.78, 5) is 36.3. The molecule has 4 N–H and O–H groups in total. The monoisotopic (exact) mass is 432 g/mol. The number of aromatic nitrogens is 1. The molecule has 10 heteroatoms. The van der Waals surface area contributed by atoms with Crippen molar-refractivity contribution in [3.63, 3.8) is 0 Å². The first-order valence-corrected chi connectivity index (χ1v) is 10.9. The molecule has 3 unspecified atom stereocenters. The Balaban J connectivity index is 1.33. The molecule has 3 atom stereocenters. The van der Waals surface area contributed by atoms with Crippen molar-refractivity contribution in [3.05, 3.63) is 17.8 Å². The molecule has 0 radical (unpaired) electrons. The normalized spacial score (nSPS) is 26.8. The number of nitrogens with one attached hydrogen (secondary N) is 3. The number of aromatic amines is 1. The molecular weight excluding hydrogens is 400 g/mol. The van der Waals surface area contributed by atoms with Crippen LogP contribution in [0.15, 0.2) is 17.3 Å². The number of rotatable bonds is 4. The highest BCUT2D eigenvalue weighted by atomic mass is 16.6. The summed E-state index contributed by atoms with van der Waals surface area (Å²) in [5.41, 5.74) is 0.442. The lowest BCUT2D eigenvalue weighted by Gasteiger charge is -2.49. The van der Waals surface area contributed by atoms with Gasteiger partial charge < -0.3 is 35.3 Å². The average molecular weight is 433 g/mol. The minimum atomic E-state index is -0.945. The molecule has 0 spiro atoms. The molecule has 0 aromatic carbocycles. The Hall–Kier alpha value is -2.59. The largest absolute Gasteiger partial charge is 0.444 e. The number of urea groups is 1. The number of aliphatic imine (C=N–C) groups is 1. The topological polar surface area (TPSA) is 122 Å². The van der Waals surface area contributed by atoms with Crippen molar-refractivity contribution in [2.75, 3.05) is 26.2 Å². The fourth-order valence-corrected chi connectivity index (χ4v) is 4.63. The molecule has 2 saturated heterocycles. The molecule has 10 nitrogen and oxygen atoms in total. The number of hydrogen-bond donors (Lipinski definition) is 4. The fraction of sp³-hybridized carbons (Fsp3) is 0.667. The van der Waals surface area contributed by atoms with Crippen LogP contribution in [-0.4, -0.2) is 82.3 Å². The zero-order valence-corrected chi connectivity index (χ0v) is 18.3. The molecule has 170 valence electrons. The average Bonchev–Trinajstić information content (AvgIpc) is 3.17. The molecule has 2 fully saturated rings. The van der Waals surface area contributed by atoms with Gasteiger partial charge in [-0.15, -0.1) is 0 Å². The van der Waals surface area contributed by atoms with Crippen LogP contribution in [-0.2, 0) is 4.74 Å². The van der Waals surface area contributed by atoms with Crippen LogP contribution < -0.4 is 10.6 Å². The summed E-state index contributed by atoms with van der Waals surface area (Å²) in [5, 5.41) is 15.9. The summed E-state index contributed by atoms with van der Waals surface area (Å²) in [6.45, 7) is 8.43. The number of fused-ring (bicyclic) bond motifs is 3. The Morgan fingerprint density at radius 1 is 1.35 bits per heavy atom. The molecule has 4 heterocycles. The van der Waals surface area contributed by atoms with Crippen LogP contribution in [0.3, 0.4) is 0 Å². The minimum Gasteiger partial charge on any atom is -0.444 e. The van der Waals surface area contributed by atoms with Crippen molar-refractivity contribution in [1.29, 1.82) is 0 Å². The first kappa shape index (κ1) is 21.6. The molecule has 1 aromatic heterocycles. The number of H-pyrrole nitrogens is 1. The highest BCUT2D eigenvalue weighted by Crippen LogP contribution is 2.42. The number of aliphatic hydroxyl groups is 1. The van der Waals surface area contributed by atoms with E-state index in [4.69, 9.17) is 4.74 Å². The van der Waals surface area contributed by atoms with Crippen LogP contribution >= 0.6 is 0 Å². The first-order chi connectivity index (χ1) is 14.7. The van der Waals surface area contributed by atoms with Crippen molar-refractivity contribution < 1.29 is 19.4 Å². The molecule has 0 bridgehead atoms. The van der Waals surface area contributed by atoms with E-state index >= 15 is 0 Å². The number of nitrogens with zero attached hydrogens (tertiary/aromatic N) is 3. The van der Waals surface area contributed by atoms with Gasteiger partial charge >= 0.3 is 12.1 Å². The summed E-state index contributed by atoms with van der Waals surface area (Å²) >= 11 is 0. The number of carbonyl (C=O) groups excluding carboxylic acids is 2. The Bertz CT molecular complexity index is 839. The maximum atomic E-state index is 12.9. The number of alkyl carbamates (subject to hydrolysis) is 1. The van der Waals surface area contributed by atoms with Crippen LogP contribution in [0.5, 0.6) is 0 Å². The molecule has 4 rings (SSSR count). The SMILES string of the molecule is CC(C)(C)OC(=O)NCCN1CCC(N2C(=O)NC(O)C3C=Nc4[nH]ccc4C32)CC1. The van der Waals surface area contributed by atoms with Gasteiger partial charge in [-0.05, 0) is 39.7 Å². The molecule has 31 heavy (non-hydrogen) atoms. The molecule has 3 amide bonds. The van der Waals surface area contributed by atoms with Gasteiger partial charge in [0.25, 0.3) is 0 Å². The lowest BCUT2D eigenvalue weighted by Crippen LogP contribution is -2.62. The van der Waals surface area contributed by atoms with E-state index in [1.807, 2.05) is 37.9 Å². The van der Waals surface area contributed by atoms with Gasteiger partial charge in [0.2, 0.25) is 0 Å². The first-order valence-electron chi connectivity index (χ1n) is 10.9. The second-order valence-electron chi connectivity index (χ2n) is 9.39. The predicted molar refractivity (Wildman–Crippen MR) is 115 cm³/mol. The second-order valence-corrected chi connectivity index (χ2v) is 9.39. The second kappa shape index (κ2) is 8.51. The fourth-order valence-electron chi connectivity index (χ4n) is 4.63. The van der Waals surface area contributed by atoms with Crippen LogP contribution in [0, 0.1) is 5.92 Å². The summed E-state index contributed by atoms with van der Waals surface area (Å²) in [7, 11) is 0. The third kappa shape index (κ3) is 4.69. The van der Waals surface area contributed by atoms with Gasteiger partial charge in [-0.3, -0.25) is 0 Å². The van der Waals surface area contributed by atoms with E-state index in [2.05, 4.69) is 25.5 Å². The smallest absolute Gasteiger partial charge is 0.407 e. The molecule has 3 aliphatic rings. The zero-order valence-electron chi connectivity index (χ0n) is 18.3. The van der Waals surface area contributed by atoms with Gasteiger partial charge in [0.05, 0.1) is 12.0 Å². The minimum absolute atomic E-state index is 0.0734. The number of amides is 3. The highest BCUT2D eigenvalue weighted by Gasteiger charge is 2.47. The van der Waals surface area contributed by atoms with Crippen LogP contribution in [0.2, 0.25) is 0 Å². The highest BCUT2D eigenvalue weighted by molar-refractivity contribution is 5.82. The molecule has 3 aliphatic heterocycles. The molecule has 0 aliphatic carbocycles. The van der Waals surface area contributed by atoms with Gasteiger partial charge in [0.15, 0.2) is 0 Å². The third-order valence-electron chi connectivity index (χ3n) is 6.03. The number of likely N-dealkylation sites (tertiary alicyclic amines) is 1. The summed E-state index contributed by atoms with van der Waals surface area (Å²) in [6.07, 6.45) is 3.86. The molecular formula is C21H32N6O4. The van der Waals surface area contributed by atoms with Crippen molar-refractivity contribution in [2.45, 2.75) is 57.5 Å². The molecule has 1 aromatic rings. The van der Waals surface area contributed by atoms with Gasteiger partial charge in [-0.1, -0.05) is 0 Å². The number of aliphatic hydroxyl groups excluding tert-OH is 1. The van der Waals surface area contributed by atoms with E-state index in [-0.39, 0.29) is 24.0 Å². The standard InChI is InChI=1S/C21H32N6O4/c1-21(2,3)31-20(30)23-8-11-26-9-5-13(6-10-26)27-16-14-4-7-22-17(14)24-12-15(16)18(28)25-19(27)29/h4,7,12-13,15-16,18,22,28H,5-6,8-11H2,1-3H3,(H,23,30)(H,25,29). The van der Waals surface area contributed by atoms with E-state index in [0.29, 0.717) is 6.54 Å². The van der Waals surface area contributed by atoms with Crippen LogP contribution in [0.25, 0.3) is 0 Å². The van der Waals surface area contributed by atoms with E-state index in [1.54, 1.807) is 6.21 Å². The van der Waals surface area contributed by atoms with Gasteiger partial charge in [0, 0.05) is 50.2 Å². The lowest BCUT2D eigenvalue weighted by molar-refractivity contribution is 0.000241. The maximum absolute atomic E-state index is 12.9. The van der Waals surface area contributed by atoms with E-state index < -0.39 is 17.9 Å². The Kier molecular flexibility index (Phi) is 5.94. The third-order valence-corrected chi connectivity index (χ3v) is 6.03. The zero-order chi connectivity index (χ0) is 22.2. The van der Waals surface area contributed by atoms with Crippen LogP contribution in [0.1, 0.15) is 45.2 Å². The summed E-state index contributed by atoms with van der Waals surface area (Å²) in [6, 6.07) is 1.55. The van der Waals surface area contributed by atoms with Crippen molar-refractivity contribution in [3.8, 4) is 0 Å². The number of ether oxygens (including phenoxy) is 1. The van der Waals surface area contributed by atoms with Crippen LogP contribution in [0.4, 0.5) is 15.4 Å². The van der Waals surface area contributed by atoms with E-state index in [1.165, 1.54) is 0 Å². The Morgan fingerprint density at radius 2 is 2.10 bits per heavy atom. The van der Waals surface area contributed by atoms with Gasteiger partial charge in [0.1, 0.15) is 17.6 Å². The van der Waals surface area contributed by atoms with E-state index in [0.717, 1.165) is 43.9 Å².